The summed E-state index contributed by atoms with van der Waals surface area (Å²) in [5.74, 6) is -0.284. The van der Waals surface area contributed by atoms with Crippen LogP contribution < -0.4 is 4.74 Å². The predicted molar refractivity (Wildman–Crippen MR) is 77.6 cm³/mol. The largest absolute Gasteiger partial charge is 0.508 e. The molecule has 0 aliphatic rings. The topological polar surface area (TPSA) is 80.7 Å². The van der Waals surface area contributed by atoms with Gasteiger partial charge in [0.05, 0.1) is 17.6 Å². The number of carbonyl (C=O) groups is 1. The molecule has 0 aliphatic heterocycles. The molecule has 21 heavy (non-hydrogen) atoms. The molecule has 0 aromatic heterocycles. The quantitative estimate of drug-likeness (QED) is 0.690. The highest BCUT2D eigenvalue weighted by Crippen LogP contribution is 2.27. The van der Waals surface area contributed by atoms with Crippen LogP contribution in [0.2, 0.25) is 0 Å². The van der Waals surface area contributed by atoms with Crippen LogP contribution >= 0.6 is 10.7 Å². The smallest absolute Gasteiger partial charge is 0.261 e. The number of halogens is 1. The zero-order valence-electron chi connectivity index (χ0n) is 10.9. The standard InChI is InChI=1S/C14H11ClO5S/c1-20-13-8-10(16)5-6-12(13)14(17)9-3-2-4-11(7-9)21(15,18)19/h2-8,16H,1H3. The molecule has 0 bridgehead atoms. The fourth-order valence-corrected chi connectivity index (χ4v) is 2.61. The Hall–Kier alpha value is -2.05. The molecule has 5 nitrogen and oxygen atoms in total. The van der Waals surface area contributed by atoms with Gasteiger partial charge >= 0.3 is 0 Å². The van der Waals surface area contributed by atoms with Gasteiger partial charge < -0.3 is 9.84 Å². The summed E-state index contributed by atoms with van der Waals surface area (Å²) in [6.07, 6.45) is 0. The fourth-order valence-electron chi connectivity index (χ4n) is 1.81. The highest BCUT2D eigenvalue weighted by Gasteiger charge is 2.18. The number of rotatable bonds is 4. The van der Waals surface area contributed by atoms with Gasteiger partial charge in [0.2, 0.25) is 0 Å². The highest BCUT2D eigenvalue weighted by molar-refractivity contribution is 8.13. The van der Waals surface area contributed by atoms with E-state index in [0.717, 1.165) is 0 Å². The van der Waals surface area contributed by atoms with Crippen molar-refractivity contribution in [1.29, 1.82) is 0 Å². The van der Waals surface area contributed by atoms with E-state index >= 15 is 0 Å². The van der Waals surface area contributed by atoms with Crippen LogP contribution in [0.1, 0.15) is 15.9 Å². The second-order valence-corrected chi connectivity index (χ2v) is 6.75. The van der Waals surface area contributed by atoms with E-state index in [1.54, 1.807) is 0 Å². The third kappa shape index (κ3) is 3.34. The molecule has 2 aromatic rings. The number of benzene rings is 2. The first kappa shape index (κ1) is 15.3. The molecule has 0 amide bonds. The molecule has 2 rings (SSSR count). The van der Waals surface area contributed by atoms with Crippen molar-refractivity contribution in [2.24, 2.45) is 0 Å². The maximum absolute atomic E-state index is 12.4. The van der Waals surface area contributed by atoms with Crippen LogP contribution in [0, 0.1) is 0 Å². The van der Waals surface area contributed by atoms with E-state index in [1.807, 2.05) is 0 Å². The Kier molecular flexibility index (Phi) is 4.20. The van der Waals surface area contributed by atoms with Crippen LogP contribution in [0.3, 0.4) is 0 Å². The van der Waals surface area contributed by atoms with E-state index in [2.05, 4.69) is 0 Å². The average molecular weight is 327 g/mol. The SMILES string of the molecule is COc1cc(O)ccc1C(=O)c1cccc(S(=O)(=O)Cl)c1. The number of hydrogen-bond donors (Lipinski definition) is 1. The van der Waals surface area contributed by atoms with Gasteiger partial charge in [-0.3, -0.25) is 4.79 Å². The Morgan fingerprint density at radius 1 is 1.19 bits per heavy atom. The molecule has 7 heteroatoms. The lowest BCUT2D eigenvalue weighted by Gasteiger charge is -2.08. The number of aromatic hydroxyl groups is 1. The molecule has 110 valence electrons. The Bertz CT molecular complexity index is 799. The minimum Gasteiger partial charge on any atom is -0.508 e. The van der Waals surface area contributed by atoms with E-state index < -0.39 is 14.8 Å². The number of ether oxygens (including phenoxy) is 1. The van der Waals surface area contributed by atoms with Crippen molar-refractivity contribution in [2.45, 2.75) is 4.90 Å². The summed E-state index contributed by atoms with van der Waals surface area (Å²) in [5.41, 5.74) is 0.361. The number of hydrogen-bond acceptors (Lipinski definition) is 5. The van der Waals surface area contributed by atoms with Crippen molar-refractivity contribution in [3.8, 4) is 11.5 Å². The van der Waals surface area contributed by atoms with Gasteiger partial charge in [-0.1, -0.05) is 12.1 Å². The molecular weight excluding hydrogens is 316 g/mol. The van der Waals surface area contributed by atoms with Gasteiger partial charge in [-0.05, 0) is 24.3 Å². The third-order valence-corrected chi connectivity index (χ3v) is 4.16. The molecule has 0 radical (unpaired) electrons. The van der Waals surface area contributed by atoms with Gasteiger partial charge in [-0.25, -0.2) is 8.42 Å². The lowest BCUT2D eigenvalue weighted by atomic mass is 10.0. The molecule has 0 saturated carbocycles. The van der Waals surface area contributed by atoms with Crippen LogP contribution in [-0.2, 0) is 9.05 Å². The number of phenols is 1. The van der Waals surface area contributed by atoms with Crippen molar-refractivity contribution in [1.82, 2.24) is 0 Å². The zero-order chi connectivity index (χ0) is 15.6. The first-order valence-electron chi connectivity index (χ1n) is 5.79. The Morgan fingerprint density at radius 2 is 1.90 bits per heavy atom. The van der Waals surface area contributed by atoms with Crippen LogP contribution in [0.4, 0.5) is 0 Å². The van der Waals surface area contributed by atoms with E-state index in [9.17, 15) is 18.3 Å². The molecule has 0 aliphatic carbocycles. The minimum atomic E-state index is -3.91. The summed E-state index contributed by atoms with van der Waals surface area (Å²) < 4.78 is 27.7. The number of ketones is 1. The predicted octanol–water partition coefficient (Wildman–Crippen LogP) is 2.56. The fraction of sp³-hybridized carbons (Fsp3) is 0.0714. The molecule has 0 atom stereocenters. The molecule has 0 spiro atoms. The summed E-state index contributed by atoms with van der Waals surface area (Å²) in [4.78, 5) is 12.3. The van der Waals surface area contributed by atoms with E-state index in [-0.39, 0.29) is 27.5 Å². The molecule has 0 saturated heterocycles. The van der Waals surface area contributed by atoms with Gasteiger partial charge in [-0.2, -0.15) is 0 Å². The lowest BCUT2D eigenvalue weighted by molar-refractivity contribution is 0.103. The molecule has 1 N–H and O–H groups in total. The van der Waals surface area contributed by atoms with E-state index in [4.69, 9.17) is 15.4 Å². The zero-order valence-corrected chi connectivity index (χ0v) is 12.5. The normalized spacial score (nSPS) is 11.1. The van der Waals surface area contributed by atoms with Gasteiger partial charge in [0.25, 0.3) is 9.05 Å². The monoisotopic (exact) mass is 326 g/mol. The van der Waals surface area contributed by atoms with Crippen LogP contribution in [0.15, 0.2) is 47.4 Å². The van der Waals surface area contributed by atoms with Crippen molar-refractivity contribution in [2.75, 3.05) is 7.11 Å². The second-order valence-electron chi connectivity index (χ2n) is 4.18. The summed E-state index contributed by atoms with van der Waals surface area (Å²) in [6.45, 7) is 0. The van der Waals surface area contributed by atoms with Gasteiger partial charge in [0, 0.05) is 22.3 Å². The summed E-state index contributed by atoms with van der Waals surface area (Å²) in [6, 6.07) is 9.44. The first-order valence-corrected chi connectivity index (χ1v) is 8.10. The van der Waals surface area contributed by atoms with Crippen molar-refractivity contribution in [3.63, 3.8) is 0 Å². The summed E-state index contributed by atoms with van der Waals surface area (Å²) >= 11 is 0. The highest BCUT2D eigenvalue weighted by atomic mass is 35.7. The summed E-state index contributed by atoms with van der Waals surface area (Å²) in [5, 5.41) is 9.38. The lowest BCUT2D eigenvalue weighted by Crippen LogP contribution is -2.05. The van der Waals surface area contributed by atoms with Gasteiger partial charge in [-0.15, -0.1) is 0 Å². The van der Waals surface area contributed by atoms with Crippen LogP contribution in [0.5, 0.6) is 11.5 Å². The van der Waals surface area contributed by atoms with Crippen molar-refractivity contribution >= 4 is 25.5 Å². The summed E-state index contributed by atoms with van der Waals surface area (Å²) in [7, 11) is 2.72. The number of carbonyl (C=O) groups excluding carboxylic acids is 1. The first-order chi connectivity index (χ1) is 9.82. The maximum Gasteiger partial charge on any atom is 0.261 e. The van der Waals surface area contributed by atoms with Crippen LogP contribution in [-0.4, -0.2) is 26.4 Å². The minimum absolute atomic E-state index is 0.0412. The Balaban J connectivity index is 2.51. The number of methoxy groups -OCH3 is 1. The van der Waals surface area contributed by atoms with Gasteiger partial charge in [0.1, 0.15) is 11.5 Å². The third-order valence-electron chi connectivity index (χ3n) is 2.81. The molecule has 0 fully saturated rings. The molecular formula is C14H11ClO5S. The Labute approximate surface area is 126 Å². The van der Waals surface area contributed by atoms with Crippen molar-refractivity contribution < 1.29 is 23.1 Å². The van der Waals surface area contributed by atoms with Crippen LogP contribution in [0.25, 0.3) is 0 Å². The Morgan fingerprint density at radius 3 is 2.52 bits per heavy atom. The van der Waals surface area contributed by atoms with E-state index in [0.29, 0.717) is 0 Å². The molecule has 0 unspecified atom stereocenters. The molecule has 0 heterocycles. The number of phenolic OH excluding ortho intramolecular Hbond substituents is 1. The van der Waals surface area contributed by atoms with Crippen molar-refractivity contribution in [3.05, 3.63) is 53.6 Å². The molecule has 2 aromatic carbocycles. The average Bonchev–Trinajstić information content (AvgIpc) is 2.45. The second kappa shape index (κ2) is 5.75. The van der Waals surface area contributed by atoms with Gasteiger partial charge in [0.15, 0.2) is 5.78 Å². The van der Waals surface area contributed by atoms with E-state index in [1.165, 1.54) is 49.6 Å². The maximum atomic E-state index is 12.4.